The fraction of sp³-hybridized carbons (Fsp3) is 0.538. The predicted molar refractivity (Wildman–Crippen MR) is 64.3 cm³/mol. The molecule has 0 saturated carbocycles. The number of rotatable bonds is 3. The number of aliphatic hydroxyl groups excluding tert-OH is 1. The third-order valence-corrected chi connectivity index (χ3v) is 4.42. The van der Waals surface area contributed by atoms with Crippen molar-refractivity contribution in [2.75, 3.05) is 33.0 Å². The van der Waals surface area contributed by atoms with Gasteiger partial charge in [0.25, 0.3) is 0 Å². The Morgan fingerprint density at radius 3 is 2.00 bits per heavy atom. The molecule has 0 amide bonds. The highest BCUT2D eigenvalue weighted by Gasteiger charge is 2.60. The maximum absolute atomic E-state index is 9.69. The second kappa shape index (κ2) is 3.95. The van der Waals surface area contributed by atoms with Crippen molar-refractivity contribution in [3.8, 4) is 0 Å². The maximum atomic E-state index is 9.69. The summed E-state index contributed by atoms with van der Waals surface area (Å²) in [5.74, 6) is 0. The second-order valence-corrected chi connectivity index (χ2v) is 5.45. The molecule has 0 unspecified atom stereocenters. The fourth-order valence-corrected chi connectivity index (χ4v) is 2.85. The first-order chi connectivity index (χ1) is 8.22. The minimum absolute atomic E-state index is 0.107. The third-order valence-electron chi connectivity index (χ3n) is 4.17. The molecule has 0 atom stereocenters. The molecule has 92 valence electrons. The molecule has 3 rings (SSSR count). The molecule has 0 spiro atoms. The van der Waals surface area contributed by atoms with Crippen molar-refractivity contribution in [2.45, 2.75) is 5.41 Å². The van der Waals surface area contributed by atoms with Gasteiger partial charge in [-0.1, -0.05) is 23.7 Å². The quantitative estimate of drug-likeness (QED) is 0.891. The van der Waals surface area contributed by atoms with E-state index in [1.807, 2.05) is 24.3 Å². The monoisotopic (exact) mass is 254 g/mol. The van der Waals surface area contributed by atoms with E-state index in [0.717, 1.165) is 5.02 Å². The number of hydrogen-bond donors (Lipinski definition) is 1. The van der Waals surface area contributed by atoms with E-state index >= 15 is 0 Å². The van der Waals surface area contributed by atoms with E-state index in [2.05, 4.69) is 0 Å². The molecule has 0 aromatic heterocycles. The summed E-state index contributed by atoms with van der Waals surface area (Å²) in [7, 11) is 0. The van der Waals surface area contributed by atoms with Crippen molar-refractivity contribution < 1.29 is 14.6 Å². The normalized spacial score (nSPS) is 24.8. The zero-order valence-electron chi connectivity index (χ0n) is 9.49. The van der Waals surface area contributed by atoms with Gasteiger partial charge in [0.2, 0.25) is 0 Å². The molecule has 2 heterocycles. The first kappa shape index (κ1) is 11.5. The summed E-state index contributed by atoms with van der Waals surface area (Å²) in [6.07, 6.45) is 0. The van der Waals surface area contributed by atoms with E-state index in [1.54, 1.807) is 0 Å². The minimum Gasteiger partial charge on any atom is -0.396 e. The first-order valence-electron chi connectivity index (χ1n) is 5.75. The van der Waals surface area contributed by atoms with Crippen LogP contribution in [0.1, 0.15) is 5.56 Å². The topological polar surface area (TPSA) is 38.7 Å². The minimum atomic E-state index is -0.181. The molecule has 1 aromatic carbocycles. The molecular weight excluding hydrogens is 240 g/mol. The van der Waals surface area contributed by atoms with Crippen LogP contribution in [-0.2, 0) is 14.9 Å². The molecule has 4 heteroatoms. The molecule has 2 aliphatic rings. The molecule has 1 N–H and O–H groups in total. The molecule has 0 bridgehead atoms. The summed E-state index contributed by atoms with van der Waals surface area (Å²) >= 11 is 5.91. The molecule has 2 aliphatic heterocycles. The molecule has 3 nitrogen and oxygen atoms in total. The summed E-state index contributed by atoms with van der Waals surface area (Å²) in [5, 5.41) is 10.4. The number of halogens is 1. The number of ether oxygens (including phenoxy) is 2. The number of aliphatic hydroxyl groups is 1. The van der Waals surface area contributed by atoms with Gasteiger partial charge < -0.3 is 14.6 Å². The standard InChI is InChI=1S/C13H15ClO3/c14-11-3-1-10(2-4-11)13(8-17-9-13)12(5-15)6-16-7-12/h1-4,15H,5-9H2. The Kier molecular flexibility index (Phi) is 2.67. The first-order valence-corrected chi connectivity index (χ1v) is 6.13. The molecule has 2 saturated heterocycles. The molecule has 1 aromatic rings. The van der Waals surface area contributed by atoms with Crippen LogP contribution in [0.2, 0.25) is 5.02 Å². The zero-order valence-corrected chi connectivity index (χ0v) is 10.2. The lowest BCUT2D eigenvalue weighted by Gasteiger charge is -2.58. The van der Waals surface area contributed by atoms with Gasteiger partial charge in [-0.2, -0.15) is 0 Å². The smallest absolute Gasteiger partial charge is 0.0593 e. The van der Waals surface area contributed by atoms with Crippen LogP contribution in [-0.4, -0.2) is 38.1 Å². The van der Waals surface area contributed by atoms with Crippen molar-refractivity contribution in [2.24, 2.45) is 5.41 Å². The second-order valence-electron chi connectivity index (χ2n) is 5.01. The molecule has 17 heavy (non-hydrogen) atoms. The molecule has 0 aliphatic carbocycles. The third kappa shape index (κ3) is 1.47. The lowest BCUT2D eigenvalue weighted by molar-refractivity contribution is -0.242. The van der Waals surface area contributed by atoms with E-state index in [9.17, 15) is 5.11 Å². The van der Waals surface area contributed by atoms with Gasteiger partial charge in [0.1, 0.15) is 0 Å². The Morgan fingerprint density at radius 1 is 1.06 bits per heavy atom. The SMILES string of the molecule is OCC1(C2(c3ccc(Cl)cc3)COC2)COC1. The number of hydrogen-bond acceptors (Lipinski definition) is 3. The summed E-state index contributed by atoms with van der Waals surface area (Å²) < 4.78 is 10.7. The highest BCUT2D eigenvalue weighted by molar-refractivity contribution is 6.30. The molecule has 0 radical (unpaired) electrons. The van der Waals surface area contributed by atoms with Crippen molar-refractivity contribution in [3.05, 3.63) is 34.9 Å². The Labute approximate surface area is 105 Å². The van der Waals surface area contributed by atoms with E-state index in [-0.39, 0.29) is 17.4 Å². The van der Waals surface area contributed by atoms with E-state index < -0.39 is 0 Å². The van der Waals surface area contributed by atoms with Crippen LogP contribution in [0.15, 0.2) is 24.3 Å². The van der Waals surface area contributed by atoms with Crippen LogP contribution < -0.4 is 0 Å². The van der Waals surface area contributed by atoms with Gasteiger partial charge in [0.05, 0.1) is 43.9 Å². The van der Waals surface area contributed by atoms with E-state index in [0.29, 0.717) is 26.4 Å². The highest BCUT2D eigenvalue weighted by Crippen LogP contribution is 2.51. The summed E-state index contributed by atoms with van der Waals surface area (Å²) in [5.41, 5.74) is 0.898. The Morgan fingerprint density at radius 2 is 1.65 bits per heavy atom. The highest BCUT2D eigenvalue weighted by atomic mass is 35.5. The van der Waals surface area contributed by atoms with Gasteiger partial charge in [-0.15, -0.1) is 0 Å². The largest absolute Gasteiger partial charge is 0.396 e. The van der Waals surface area contributed by atoms with Crippen LogP contribution in [0, 0.1) is 5.41 Å². The summed E-state index contributed by atoms with van der Waals surface area (Å²) in [4.78, 5) is 0. The zero-order chi connectivity index (χ0) is 11.9. The van der Waals surface area contributed by atoms with Crippen molar-refractivity contribution in [1.82, 2.24) is 0 Å². The van der Waals surface area contributed by atoms with Crippen LogP contribution in [0.25, 0.3) is 0 Å². The van der Waals surface area contributed by atoms with Gasteiger partial charge in [0, 0.05) is 5.02 Å². The van der Waals surface area contributed by atoms with Gasteiger partial charge in [-0.3, -0.25) is 0 Å². The van der Waals surface area contributed by atoms with Gasteiger partial charge >= 0.3 is 0 Å². The predicted octanol–water partition coefficient (Wildman–Crippen LogP) is 1.62. The number of benzene rings is 1. The lowest BCUT2D eigenvalue weighted by atomic mass is 9.57. The fourth-order valence-electron chi connectivity index (χ4n) is 2.72. The Bertz CT molecular complexity index is 402. The molecule has 2 fully saturated rings. The Hall–Kier alpha value is -0.610. The summed E-state index contributed by atoms with van der Waals surface area (Å²) in [6.45, 7) is 2.65. The van der Waals surface area contributed by atoms with E-state index in [4.69, 9.17) is 21.1 Å². The van der Waals surface area contributed by atoms with Gasteiger partial charge in [0.15, 0.2) is 0 Å². The Balaban J connectivity index is 1.99. The van der Waals surface area contributed by atoms with Gasteiger partial charge in [-0.05, 0) is 17.7 Å². The lowest BCUT2D eigenvalue weighted by Crippen LogP contribution is -2.68. The van der Waals surface area contributed by atoms with Crippen molar-refractivity contribution in [3.63, 3.8) is 0 Å². The van der Waals surface area contributed by atoms with E-state index in [1.165, 1.54) is 5.56 Å². The van der Waals surface area contributed by atoms with Crippen LogP contribution in [0.4, 0.5) is 0 Å². The average Bonchev–Trinajstić information content (AvgIpc) is 2.22. The van der Waals surface area contributed by atoms with Gasteiger partial charge in [-0.25, -0.2) is 0 Å². The van der Waals surface area contributed by atoms with Crippen LogP contribution >= 0.6 is 11.6 Å². The maximum Gasteiger partial charge on any atom is 0.0593 e. The van der Waals surface area contributed by atoms with Crippen LogP contribution in [0.5, 0.6) is 0 Å². The van der Waals surface area contributed by atoms with Crippen LogP contribution in [0.3, 0.4) is 0 Å². The summed E-state index contributed by atoms with van der Waals surface area (Å²) in [6, 6.07) is 7.84. The van der Waals surface area contributed by atoms with Crippen molar-refractivity contribution in [1.29, 1.82) is 0 Å². The molecular formula is C13H15ClO3. The van der Waals surface area contributed by atoms with Crippen molar-refractivity contribution >= 4 is 11.6 Å². The average molecular weight is 255 g/mol.